The van der Waals surface area contributed by atoms with Crippen LogP contribution < -0.4 is 11.3 Å². The summed E-state index contributed by atoms with van der Waals surface area (Å²) in [6.07, 6.45) is 0. The normalized spacial score (nSPS) is 9.22. The Labute approximate surface area is 175 Å². The topological polar surface area (TPSA) is 96.0 Å². The molecule has 0 aliphatic carbocycles. The van der Waals surface area contributed by atoms with Crippen LogP contribution in [0.3, 0.4) is 0 Å². The summed E-state index contributed by atoms with van der Waals surface area (Å²) in [6.45, 7) is 6.02. The number of hydrazine groups is 1. The molecule has 0 heterocycles. The summed E-state index contributed by atoms with van der Waals surface area (Å²) < 4.78 is 0. The SMILES string of the molecule is CC(C)(C)NN.Cl.N#Cc1ccc(C(=O)Cl)cc1.O=C(Cl)c1ccccc1. The van der Waals surface area contributed by atoms with Crippen LogP contribution in [0.15, 0.2) is 54.6 Å². The molecule has 2 rings (SSSR count). The van der Waals surface area contributed by atoms with E-state index in [0.29, 0.717) is 16.7 Å². The maximum absolute atomic E-state index is 10.5. The molecule has 2 aromatic carbocycles. The third-order valence-electron chi connectivity index (χ3n) is 2.67. The molecular weight excluding hydrogens is 409 g/mol. The number of benzene rings is 2. The van der Waals surface area contributed by atoms with Crippen LogP contribution in [-0.4, -0.2) is 16.0 Å². The third kappa shape index (κ3) is 13.9. The van der Waals surface area contributed by atoms with Gasteiger partial charge in [-0.15, -0.1) is 12.4 Å². The Morgan fingerprint density at radius 2 is 1.30 bits per heavy atom. The maximum atomic E-state index is 10.5. The smallest absolute Gasteiger partial charge is 0.252 e. The molecular formula is C19H22Cl3N3O2. The summed E-state index contributed by atoms with van der Waals surface area (Å²) in [5.74, 6) is 5.06. The first kappa shape index (κ1) is 27.3. The summed E-state index contributed by atoms with van der Waals surface area (Å²) >= 11 is 10.3. The van der Waals surface area contributed by atoms with Gasteiger partial charge in [-0.3, -0.25) is 20.9 Å². The van der Waals surface area contributed by atoms with Gasteiger partial charge in [-0.05, 0) is 68.2 Å². The number of carbonyl (C=O) groups excluding carboxylic acids is 2. The van der Waals surface area contributed by atoms with Crippen LogP contribution in [0.1, 0.15) is 47.1 Å². The largest absolute Gasteiger partial charge is 0.276 e. The lowest BCUT2D eigenvalue weighted by molar-refractivity contribution is 0.107. The zero-order valence-electron chi connectivity index (χ0n) is 15.2. The molecule has 0 spiro atoms. The van der Waals surface area contributed by atoms with E-state index in [1.807, 2.05) is 32.9 Å². The molecule has 0 unspecified atom stereocenters. The molecule has 0 fully saturated rings. The van der Waals surface area contributed by atoms with Crippen molar-refractivity contribution in [2.45, 2.75) is 26.3 Å². The average molecular weight is 431 g/mol. The van der Waals surface area contributed by atoms with Crippen molar-refractivity contribution in [2.24, 2.45) is 5.84 Å². The molecule has 0 amide bonds. The van der Waals surface area contributed by atoms with Crippen LogP contribution in [0.2, 0.25) is 0 Å². The van der Waals surface area contributed by atoms with Crippen LogP contribution in [0, 0.1) is 11.3 Å². The highest BCUT2D eigenvalue weighted by Gasteiger charge is 2.02. The highest BCUT2D eigenvalue weighted by molar-refractivity contribution is 6.68. The molecule has 146 valence electrons. The van der Waals surface area contributed by atoms with Gasteiger partial charge >= 0.3 is 0 Å². The second kappa shape index (κ2) is 14.2. The number of hydrogen-bond acceptors (Lipinski definition) is 5. The molecule has 0 aliphatic rings. The number of rotatable bonds is 2. The van der Waals surface area contributed by atoms with Crippen LogP contribution in [0.5, 0.6) is 0 Å². The van der Waals surface area contributed by atoms with Crippen molar-refractivity contribution < 1.29 is 9.59 Å². The van der Waals surface area contributed by atoms with E-state index in [2.05, 4.69) is 5.43 Å². The van der Waals surface area contributed by atoms with E-state index in [4.69, 9.17) is 34.3 Å². The first-order chi connectivity index (χ1) is 12.1. The summed E-state index contributed by atoms with van der Waals surface area (Å²) in [6, 6.07) is 16.8. The van der Waals surface area contributed by atoms with Crippen molar-refractivity contribution >= 4 is 46.1 Å². The fraction of sp³-hybridized carbons (Fsp3) is 0.211. The third-order valence-corrected chi connectivity index (χ3v) is 3.11. The summed E-state index contributed by atoms with van der Waals surface area (Å²) in [5, 5.41) is 7.49. The predicted molar refractivity (Wildman–Crippen MR) is 112 cm³/mol. The van der Waals surface area contributed by atoms with Gasteiger partial charge in [0.05, 0.1) is 11.6 Å². The molecule has 0 bridgehead atoms. The molecule has 0 aliphatic heterocycles. The zero-order chi connectivity index (χ0) is 20.2. The minimum Gasteiger partial charge on any atom is -0.276 e. The van der Waals surface area contributed by atoms with Gasteiger partial charge in [0.25, 0.3) is 10.5 Å². The lowest BCUT2D eigenvalue weighted by Gasteiger charge is -2.14. The standard InChI is InChI=1S/C8H4ClNO.C7H5ClO.C4H12N2.ClH/c9-8(11)7-3-1-6(5-10)2-4-7;8-7(9)6-4-2-1-3-5-6;1-4(2,3)6-5;/h1-4H;1-5H;6H,5H2,1-3H3;1H. The maximum Gasteiger partial charge on any atom is 0.252 e. The van der Waals surface area contributed by atoms with Gasteiger partial charge in [0.2, 0.25) is 0 Å². The Bertz CT molecular complexity index is 738. The Morgan fingerprint density at radius 1 is 0.926 bits per heavy atom. The van der Waals surface area contributed by atoms with E-state index in [-0.39, 0.29) is 17.9 Å². The van der Waals surface area contributed by atoms with Gasteiger partial charge in [0.15, 0.2) is 0 Å². The Morgan fingerprint density at radius 3 is 1.56 bits per heavy atom. The van der Waals surface area contributed by atoms with Gasteiger partial charge in [-0.1, -0.05) is 30.3 Å². The number of nitriles is 1. The van der Waals surface area contributed by atoms with Crippen molar-refractivity contribution in [3.05, 3.63) is 71.3 Å². The van der Waals surface area contributed by atoms with Gasteiger partial charge < -0.3 is 0 Å². The Kier molecular flexibility index (Phi) is 14.3. The summed E-state index contributed by atoms with van der Waals surface area (Å²) in [7, 11) is 0. The Hall–Kier alpha value is -1.94. The molecule has 0 atom stereocenters. The van der Waals surface area contributed by atoms with Crippen LogP contribution in [0.4, 0.5) is 0 Å². The molecule has 2 aromatic rings. The number of halogens is 3. The predicted octanol–water partition coefficient (Wildman–Crippen LogP) is 4.67. The lowest BCUT2D eigenvalue weighted by Crippen LogP contribution is -2.41. The first-order valence-electron chi connectivity index (χ1n) is 7.53. The van der Waals surface area contributed by atoms with Crippen molar-refractivity contribution in [1.29, 1.82) is 5.26 Å². The van der Waals surface area contributed by atoms with Gasteiger partial charge in [0.1, 0.15) is 0 Å². The lowest BCUT2D eigenvalue weighted by atomic mass is 10.1. The van der Waals surface area contributed by atoms with E-state index < -0.39 is 10.5 Å². The van der Waals surface area contributed by atoms with Crippen molar-refractivity contribution in [1.82, 2.24) is 5.43 Å². The van der Waals surface area contributed by atoms with Crippen molar-refractivity contribution in [2.75, 3.05) is 0 Å². The number of nitrogens with one attached hydrogen (secondary N) is 1. The number of hydrogen-bond donors (Lipinski definition) is 2. The van der Waals surface area contributed by atoms with Crippen LogP contribution in [-0.2, 0) is 0 Å². The van der Waals surface area contributed by atoms with Crippen molar-refractivity contribution in [3.63, 3.8) is 0 Å². The second-order valence-electron chi connectivity index (χ2n) is 6.00. The van der Waals surface area contributed by atoms with Crippen LogP contribution >= 0.6 is 35.6 Å². The highest BCUT2D eigenvalue weighted by Crippen LogP contribution is 2.05. The number of nitrogens with zero attached hydrogens (tertiary/aromatic N) is 1. The average Bonchev–Trinajstić information content (AvgIpc) is 2.63. The highest BCUT2D eigenvalue weighted by atomic mass is 35.5. The molecule has 0 aromatic heterocycles. The first-order valence-corrected chi connectivity index (χ1v) is 8.29. The van der Waals surface area contributed by atoms with Gasteiger partial charge in [-0.2, -0.15) is 5.26 Å². The number of carbonyl (C=O) groups is 2. The summed E-state index contributed by atoms with van der Waals surface area (Å²) in [4.78, 5) is 20.9. The summed E-state index contributed by atoms with van der Waals surface area (Å²) in [5.41, 5.74) is 4.14. The molecule has 5 nitrogen and oxygen atoms in total. The zero-order valence-corrected chi connectivity index (χ0v) is 17.5. The van der Waals surface area contributed by atoms with E-state index in [9.17, 15) is 9.59 Å². The monoisotopic (exact) mass is 429 g/mol. The number of nitrogens with two attached hydrogens (primary N) is 1. The van der Waals surface area contributed by atoms with Crippen molar-refractivity contribution in [3.8, 4) is 6.07 Å². The molecule has 27 heavy (non-hydrogen) atoms. The molecule has 0 radical (unpaired) electrons. The molecule has 0 saturated carbocycles. The fourth-order valence-electron chi connectivity index (χ4n) is 1.24. The van der Waals surface area contributed by atoms with Gasteiger partial charge in [-0.25, -0.2) is 0 Å². The minimum atomic E-state index is -0.505. The van der Waals surface area contributed by atoms with Gasteiger partial charge in [0, 0.05) is 16.7 Å². The quantitative estimate of drug-likeness (QED) is 0.410. The van der Waals surface area contributed by atoms with E-state index in [1.54, 1.807) is 36.4 Å². The van der Waals surface area contributed by atoms with E-state index >= 15 is 0 Å². The fourth-order valence-corrected chi connectivity index (χ4v) is 1.50. The van der Waals surface area contributed by atoms with E-state index in [0.717, 1.165) is 0 Å². The van der Waals surface area contributed by atoms with E-state index in [1.165, 1.54) is 12.1 Å². The minimum absolute atomic E-state index is 0. The van der Waals surface area contributed by atoms with Crippen LogP contribution in [0.25, 0.3) is 0 Å². The Balaban J connectivity index is 0. The molecule has 8 heteroatoms. The second-order valence-corrected chi connectivity index (χ2v) is 6.68. The molecule has 3 N–H and O–H groups in total. The molecule has 0 saturated heterocycles.